The van der Waals surface area contributed by atoms with Crippen molar-refractivity contribution >= 4 is 98.2 Å². The minimum Gasteiger partial charge on any atom is -0.480 e. The average molecular weight is 1120 g/mol. The number of aliphatic carboxylic acids is 1. The number of Topliss-reactive ketones (excluding diaryl/α,β-unsaturated/α-hetero) is 1. The van der Waals surface area contributed by atoms with Crippen LogP contribution in [0.3, 0.4) is 0 Å². The predicted molar refractivity (Wildman–Crippen MR) is 296 cm³/mol. The van der Waals surface area contributed by atoms with E-state index in [-0.39, 0.29) is 55.9 Å². The summed E-state index contributed by atoms with van der Waals surface area (Å²) in [4.78, 5) is 129. The van der Waals surface area contributed by atoms with Gasteiger partial charge in [0.2, 0.25) is 41.4 Å². The Kier molecular flexibility index (Phi) is 24.8. The zero-order chi connectivity index (χ0) is 56.0. The maximum Gasteiger partial charge on any atom is 0.328 e. The summed E-state index contributed by atoms with van der Waals surface area (Å²) in [6, 6.07) is 14.6. The van der Waals surface area contributed by atoms with Gasteiger partial charge in [0.05, 0.1) is 18.1 Å². The van der Waals surface area contributed by atoms with Crippen LogP contribution in [0.5, 0.6) is 0 Å². The number of aromatic amines is 1. The van der Waals surface area contributed by atoms with Gasteiger partial charge in [-0.05, 0) is 68.2 Å². The van der Waals surface area contributed by atoms with Crippen molar-refractivity contribution in [2.24, 2.45) is 11.7 Å². The van der Waals surface area contributed by atoms with Crippen LogP contribution >= 0.6 is 34.2 Å². The largest absolute Gasteiger partial charge is 0.480 e. The number of carbonyl (C=O) groups is 9. The van der Waals surface area contributed by atoms with E-state index < -0.39 is 120 Å². The number of benzene rings is 3. The second kappa shape index (κ2) is 31.1. The van der Waals surface area contributed by atoms with Gasteiger partial charge in [-0.25, -0.2) is 4.79 Å². The topological polar surface area (TPSA) is 340 Å². The van der Waals surface area contributed by atoms with Gasteiger partial charge < -0.3 is 63.3 Å². The van der Waals surface area contributed by atoms with E-state index in [9.17, 15) is 58.5 Å². The Morgan fingerprint density at radius 1 is 0.740 bits per heavy atom. The first kappa shape index (κ1) is 61.4. The van der Waals surface area contributed by atoms with E-state index in [4.69, 9.17) is 5.73 Å². The molecule has 0 aliphatic carbocycles. The predicted octanol–water partition coefficient (Wildman–Crippen LogP) is 0.855. The van der Waals surface area contributed by atoms with Crippen LogP contribution in [0, 0.1) is 5.92 Å². The van der Waals surface area contributed by atoms with Gasteiger partial charge in [0, 0.05) is 60.7 Å². The number of H-pyrrole nitrogens is 1. The van der Waals surface area contributed by atoms with Gasteiger partial charge in [-0.1, -0.05) is 100 Å². The number of thiol groups is 1. The van der Waals surface area contributed by atoms with Crippen molar-refractivity contribution < 1.29 is 58.5 Å². The summed E-state index contributed by atoms with van der Waals surface area (Å²) in [5.41, 5.74) is 8.46. The van der Waals surface area contributed by atoms with E-state index in [1.54, 1.807) is 72.9 Å². The van der Waals surface area contributed by atoms with E-state index in [0.29, 0.717) is 29.5 Å². The number of para-hydroxylation sites is 1. The molecule has 0 radical (unpaired) electrons. The fourth-order valence-corrected chi connectivity index (χ4v) is 11.2. The Labute approximate surface area is 459 Å². The Balaban J connectivity index is 1.61. The highest BCUT2D eigenvalue weighted by Gasteiger charge is 2.37. The van der Waals surface area contributed by atoms with Crippen molar-refractivity contribution in [2.45, 2.75) is 120 Å². The monoisotopic (exact) mass is 1120 g/mol. The molecule has 24 heteroatoms. The van der Waals surface area contributed by atoms with Gasteiger partial charge in [0.25, 0.3) is 0 Å². The van der Waals surface area contributed by atoms with E-state index in [1.807, 2.05) is 18.2 Å². The number of hydrogen-bond donors (Lipinski definition) is 13. The number of unbranched alkanes of at least 4 members (excludes halogenated alkanes) is 1. The third kappa shape index (κ3) is 19.2. The van der Waals surface area contributed by atoms with Crippen LogP contribution < -0.4 is 43.0 Å². The van der Waals surface area contributed by atoms with Crippen molar-refractivity contribution in [3.05, 3.63) is 108 Å². The van der Waals surface area contributed by atoms with E-state index in [2.05, 4.69) is 54.8 Å². The molecule has 5 rings (SSSR count). The standard InChI is InChI=1S/C53H69N9O12S3/c1-30(63)45-43(65)26-35(47(67)62-46(31(2)64)53(73)74)28-76-77-29-42(60-49(69)39(56-44(66)20-22-75)23-32-13-5-3-6-14-32)52(72)58-40(24-33-15-7-4-8-16-33)50(70)59-41(25-34-27-55-37-18-10-9-17-36(34)37)51(71)57-38(48(68)61-45)19-11-12-21-54/h3-10,13-18,27,30-31,35,38-42,45-46,55,63-64,75H,11-12,19-26,28-29,54H2,1-2H3,(H,56,66)(H,57,71)(H,58,72)(H,59,70)(H,60,69)(H,61,68)(H,62,67)(H,73,74)/t30-,31-,35?,38+,39-,40+,41?,42?,45?,46?/m1/s1. The molecule has 77 heavy (non-hydrogen) atoms. The van der Waals surface area contributed by atoms with Crippen LogP contribution in [0.25, 0.3) is 10.9 Å². The number of nitrogens with one attached hydrogen (secondary N) is 8. The summed E-state index contributed by atoms with van der Waals surface area (Å²) < 4.78 is 0. The van der Waals surface area contributed by atoms with E-state index in [0.717, 1.165) is 39.4 Å². The summed E-state index contributed by atoms with van der Waals surface area (Å²) in [5.74, 6) is -9.64. The Morgan fingerprint density at radius 2 is 1.34 bits per heavy atom. The van der Waals surface area contributed by atoms with Crippen molar-refractivity contribution in [1.82, 2.24) is 42.2 Å². The van der Waals surface area contributed by atoms with Crippen LogP contribution in [0.2, 0.25) is 0 Å². The molecule has 4 aromatic rings. The van der Waals surface area contributed by atoms with E-state index >= 15 is 0 Å². The SMILES string of the molecule is C[C@@H](O)C(NC(=O)C1CSSCC(NC(=O)[C@@H](Cc2ccccc2)NC(=O)CCS)C(=O)N[C@@H](Cc2ccccc2)C(=O)NC(Cc2c[nH]c3ccccc23)C(=O)N[C@@H](CCCCN)C(=O)NC([C@@H](C)O)C(=O)C1)C(=O)O. The third-order valence-electron chi connectivity index (χ3n) is 12.7. The zero-order valence-electron chi connectivity index (χ0n) is 42.8. The average Bonchev–Trinajstić information content (AvgIpc) is 3.81. The normalized spacial score (nSPS) is 21.9. The third-order valence-corrected chi connectivity index (χ3v) is 15.4. The molecule has 13 N–H and O–H groups in total. The first-order valence-corrected chi connectivity index (χ1v) is 28.4. The molecule has 7 amide bonds. The summed E-state index contributed by atoms with van der Waals surface area (Å²) in [7, 11) is 1.95. The lowest BCUT2D eigenvalue weighted by Gasteiger charge is -2.29. The fraction of sp³-hybridized carbons (Fsp3) is 0.453. The van der Waals surface area contributed by atoms with Gasteiger partial charge >= 0.3 is 5.97 Å². The number of aromatic nitrogens is 1. The quantitative estimate of drug-likeness (QED) is 0.0332. The number of nitrogens with two attached hydrogens (primary N) is 1. The molecule has 0 spiro atoms. The molecule has 0 bridgehead atoms. The molecule has 1 aliphatic rings. The molecule has 3 aromatic carbocycles. The van der Waals surface area contributed by atoms with Crippen molar-refractivity contribution in [1.29, 1.82) is 0 Å². The molecule has 10 atom stereocenters. The lowest BCUT2D eigenvalue weighted by molar-refractivity contribution is -0.145. The molecule has 1 aromatic heterocycles. The molecule has 1 saturated heterocycles. The molecule has 1 aliphatic heterocycles. The van der Waals surface area contributed by atoms with Crippen LogP contribution in [0.15, 0.2) is 91.1 Å². The Hall–Kier alpha value is -6.44. The van der Waals surface area contributed by atoms with Crippen molar-refractivity contribution in [3.8, 4) is 0 Å². The molecule has 5 unspecified atom stereocenters. The number of ketones is 1. The molecule has 416 valence electrons. The lowest BCUT2D eigenvalue weighted by atomic mass is 9.95. The second-order valence-corrected chi connectivity index (χ2v) is 21.8. The Morgan fingerprint density at radius 3 is 1.97 bits per heavy atom. The number of aliphatic hydroxyl groups is 2. The number of aliphatic hydroxyl groups excluding tert-OH is 2. The van der Waals surface area contributed by atoms with Crippen LogP contribution in [0.1, 0.15) is 62.6 Å². The molecule has 2 heterocycles. The minimum absolute atomic E-state index is 0.00291. The van der Waals surface area contributed by atoms with Gasteiger partial charge in [-0.15, -0.1) is 0 Å². The van der Waals surface area contributed by atoms with E-state index in [1.165, 1.54) is 6.92 Å². The molecular weight excluding hydrogens is 1050 g/mol. The highest BCUT2D eigenvalue weighted by atomic mass is 33.1. The number of rotatable bonds is 20. The molecule has 21 nitrogen and oxygen atoms in total. The first-order valence-electron chi connectivity index (χ1n) is 25.3. The first-order chi connectivity index (χ1) is 36.9. The number of hydrogen-bond acceptors (Lipinski definition) is 15. The zero-order valence-corrected chi connectivity index (χ0v) is 45.3. The Bertz CT molecular complexity index is 2650. The van der Waals surface area contributed by atoms with Crippen LogP contribution in [0.4, 0.5) is 0 Å². The summed E-state index contributed by atoms with van der Waals surface area (Å²) in [6.07, 6.45) is -1.55. The van der Waals surface area contributed by atoms with Gasteiger partial charge in [-0.2, -0.15) is 12.6 Å². The molecule has 0 saturated carbocycles. The molecule has 1 fully saturated rings. The minimum atomic E-state index is -1.79. The lowest BCUT2D eigenvalue weighted by Crippen LogP contribution is -2.61. The summed E-state index contributed by atoms with van der Waals surface area (Å²) in [6.45, 7) is 2.64. The van der Waals surface area contributed by atoms with Gasteiger partial charge in [0.15, 0.2) is 11.8 Å². The second-order valence-electron chi connectivity index (χ2n) is 18.8. The summed E-state index contributed by atoms with van der Waals surface area (Å²) >= 11 is 4.16. The number of amides is 7. The van der Waals surface area contributed by atoms with Gasteiger partial charge in [-0.3, -0.25) is 38.4 Å². The van der Waals surface area contributed by atoms with Crippen LogP contribution in [-0.2, 0) is 62.4 Å². The highest BCUT2D eigenvalue weighted by Crippen LogP contribution is 2.28. The number of carbonyl (C=O) groups excluding carboxylic acids is 8. The van der Waals surface area contributed by atoms with Gasteiger partial charge in [0.1, 0.15) is 36.3 Å². The van der Waals surface area contributed by atoms with Crippen molar-refractivity contribution in [2.75, 3.05) is 23.8 Å². The van der Waals surface area contributed by atoms with Crippen LogP contribution in [-0.4, -0.2) is 152 Å². The number of carboxylic acids is 1. The summed E-state index contributed by atoms with van der Waals surface area (Å²) in [5, 5.41) is 50.5. The maximum atomic E-state index is 14.9. The molecular formula is C53H69N9O12S3. The fourth-order valence-electron chi connectivity index (χ4n) is 8.48. The number of fused-ring (bicyclic) bond motifs is 1. The number of carboxylic acid groups (broad SMARTS) is 1. The smallest absolute Gasteiger partial charge is 0.328 e. The highest BCUT2D eigenvalue weighted by molar-refractivity contribution is 8.76. The maximum absolute atomic E-state index is 14.9. The van der Waals surface area contributed by atoms with Crippen molar-refractivity contribution in [3.63, 3.8) is 0 Å².